The largest absolute Gasteiger partial charge is 0.399 e. The Kier molecular flexibility index (Phi) is 4.22. The molecule has 2 atom stereocenters. The minimum Gasteiger partial charge on any atom is -0.399 e. The summed E-state index contributed by atoms with van der Waals surface area (Å²) in [6.45, 7) is 6.02. The molecule has 1 aliphatic rings. The Morgan fingerprint density at radius 3 is 2.89 bits per heavy atom. The maximum atomic E-state index is 10.3. The summed E-state index contributed by atoms with van der Waals surface area (Å²) in [5.41, 5.74) is 7.35. The standard InChI is InChI=1S/C14H23N3O/c1-11-9-16(2)6-7-17(11)10-14(18)12-4-3-5-13(15)8-12/h3-5,8,11,14,18H,6-7,9-10,15H2,1-2H3. The first-order valence-corrected chi connectivity index (χ1v) is 6.52. The van der Waals surface area contributed by atoms with Gasteiger partial charge in [-0.05, 0) is 31.7 Å². The van der Waals surface area contributed by atoms with Crippen LogP contribution in [0.25, 0.3) is 0 Å². The molecule has 0 radical (unpaired) electrons. The number of likely N-dealkylation sites (N-methyl/N-ethyl adjacent to an activating group) is 1. The van der Waals surface area contributed by atoms with Crippen LogP contribution in [0.4, 0.5) is 5.69 Å². The van der Waals surface area contributed by atoms with Crippen molar-refractivity contribution in [3.63, 3.8) is 0 Å². The fraction of sp³-hybridized carbons (Fsp3) is 0.571. The lowest BCUT2D eigenvalue weighted by Crippen LogP contribution is -2.51. The van der Waals surface area contributed by atoms with Crippen LogP contribution >= 0.6 is 0 Å². The second-order valence-corrected chi connectivity index (χ2v) is 5.29. The number of nitrogen functional groups attached to an aromatic ring is 1. The maximum absolute atomic E-state index is 10.3. The summed E-state index contributed by atoms with van der Waals surface area (Å²) in [5, 5.41) is 10.3. The van der Waals surface area contributed by atoms with Crippen LogP contribution in [0.1, 0.15) is 18.6 Å². The van der Waals surface area contributed by atoms with Crippen molar-refractivity contribution in [2.45, 2.75) is 19.1 Å². The fourth-order valence-corrected chi connectivity index (χ4v) is 2.54. The zero-order valence-corrected chi connectivity index (χ0v) is 11.2. The van der Waals surface area contributed by atoms with Gasteiger partial charge in [0.1, 0.15) is 0 Å². The van der Waals surface area contributed by atoms with Crippen LogP contribution in [0, 0.1) is 0 Å². The van der Waals surface area contributed by atoms with Crippen molar-refractivity contribution in [3.8, 4) is 0 Å². The van der Waals surface area contributed by atoms with Gasteiger partial charge in [-0.2, -0.15) is 0 Å². The molecule has 0 spiro atoms. The smallest absolute Gasteiger partial charge is 0.0917 e. The van der Waals surface area contributed by atoms with E-state index in [2.05, 4.69) is 23.8 Å². The Morgan fingerprint density at radius 2 is 2.22 bits per heavy atom. The molecule has 2 rings (SSSR count). The van der Waals surface area contributed by atoms with E-state index in [4.69, 9.17) is 5.73 Å². The van der Waals surface area contributed by atoms with E-state index >= 15 is 0 Å². The third kappa shape index (κ3) is 3.22. The third-order valence-corrected chi connectivity index (χ3v) is 3.67. The summed E-state index contributed by atoms with van der Waals surface area (Å²) >= 11 is 0. The second-order valence-electron chi connectivity index (χ2n) is 5.29. The predicted octanol–water partition coefficient (Wildman–Crippen LogP) is 0.938. The molecule has 4 nitrogen and oxygen atoms in total. The molecule has 0 saturated carbocycles. The second kappa shape index (κ2) is 5.69. The first-order chi connectivity index (χ1) is 8.56. The molecule has 2 unspecified atom stereocenters. The van der Waals surface area contributed by atoms with Crippen molar-refractivity contribution in [3.05, 3.63) is 29.8 Å². The van der Waals surface area contributed by atoms with E-state index in [0.717, 1.165) is 25.2 Å². The van der Waals surface area contributed by atoms with Crippen LogP contribution in [0.3, 0.4) is 0 Å². The van der Waals surface area contributed by atoms with Crippen LogP contribution in [0.5, 0.6) is 0 Å². The number of nitrogens with zero attached hydrogens (tertiary/aromatic N) is 2. The molecular formula is C14H23N3O. The minimum atomic E-state index is -0.459. The van der Waals surface area contributed by atoms with E-state index < -0.39 is 6.10 Å². The van der Waals surface area contributed by atoms with Crippen LogP contribution in [0.2, 0.25) is 0 Å². The van der Waals surface area contributed by atoms with Gasteiger partial charge in [-0.15, -0.1) is 0 Å². The summed E-state index contributed by atoms with van der Waals surface area (Å²) in [5.74, 6) is 0. The maximum Gasteiger partial charge on any atom is 0.0917 e. The molecule has 1 aliphatic heterocycles. The summed E-state index contributed by atoms with van der Waals surface area (Å²) < 4.78 is 0. The summed E-state index contributed by atoms with van der Waals surface area (Å²) in [6, 6.07) is 8.00. The van der Waals surface area contributed by atoms with E-state index in [1.54, 1.807) is 0 Å². The first-order valence-electron chi connectivity index (χ1n) is 6.52. The minimum absolute atomic E-state index is 0.459. The van der Waals surface area contributed by atoms with Gasteiger partial charge in [0.2, 0.25) is 0 Å². The quantitative estimate of drug-likeness (QED) is 0.783. The fourth-order valence-electron chi connectivity index (χ4n) is 2.54. The molecular weight excluding hydrogens is 226 g/mol. The number of piperazine rings is 1. The molecule has 18 heavy (non-hydrogen) atoms. The summed E-state index contributed by atoms with van der Waals surface area (Å²) in [7, 11) is 2.14. The Bertz CT molecular complexity index is 396. The average Bonchev–Trinajstić information content (AvgIpc) is 2.32. The van der Waals surface area contributed by atoms with E-state index in [0.29, 0.717) is 18.3 Å². The molecule has 1 aromatic rings. The summed E-state index contributed by atoms with van der Waals surface area (Å²) in [6.07, 6.45) is -0.459. The van der Waals surface area contributed by atoms with Crippen molar-refractivity contribution < 1.29 is 5.11 Å². The van der Waals surface area contributed by atoms with Gasteiger partial charge in [0, 0.05) is 37.9 Å². The van der Waals surface area contributed by atoms with Crippen molar-refractivity contribution in [1.82, 2.24) is 9.80 Å². The SMILES string of the molecule is CC1CN(C)CCN1CC(O)c1cccc(N)c1. The molecule has 1 fully saturated rings. The van der Waals surface area contributed by atoms with Gasteiger partial charge >= 0.3 is 0 Å². The lowest BCUT2D eigenvalue weighted by Gasteiger charge is -2.39. The van der Waals surface area contributed by atoms with E-state index in [-0.39, 0.29) is 0 Å². The lowest BCUT2D eigenvalue weighted by molar-refractivity contribution is 0.0474. The number of benzene rings is 1. The number of β-amino-alcohol motifs (C(OH)–C–C–N with tert-alkyl or cyclic N) is 1. The Labute approximate surface area is 109 Å². The zero-order valence-electron chi connectivity index (χ0n) is 11.2. The van der Waals surface area contributed by atoms with E-state index in [1.807, 2.05) is 24.3 Å². The zero-order chi connectivity index (χ0) is 13.1. The molecule has 0 aromatic heterocycles. The highest BCUT2D eigenvalue weighted by atomic mass is 16.3. The topological polar surface area (TPSA) is 52.7 Å². The van der Waals surface area contributed by atoms with Crippen molar-refractivity contribution in [2.24, 2.45) is 0 Å². The summed E-state index contributed by atoms with van der Waals surface area (Å²) in [4.78, 5) is 4.67. The molecule has 1 heterocycles. The van der Waals surface area contributed by atoms with Gasteiger partial charge in [0.15, 0.2) is 0 Å². The predicted molar refractivity (Wildman–Crippen MR) is 74.3 cm³/mol. The Hall–Kier alpha value is -1.10. The van der Waals surface area contributed by atoms with Crippen LogP contribution in [-0.2, 0) is 0 Å². The normalized spacial score (nSPS) is 24.1. The number of aliphatic hydroxyl groups is 1. The molecule has 0 amide bonds. The molecule has 3 N–H and O–H groups in total. The van der Waals surface area contributed by atoms with Gasteiger partial charge in [-0.1, -0.05) is 12.1 Å². The van der Waals surface area contributed by atoms with Crippen LogP contribution < -0.4 is 5.73 Å². The van der Waals surface area contributed by atoms with Crippen LogP contribution in [-0.4, -0.2) is 54.2 Å². The highest BCUT2D eigenvalue weighted by molar-refractivity contribution is 5.41. The van der Waals surface area contributed by atoms with Gasteiger partial charge in [-0.3, -0.25) is 4.90 Å². The third-order valence-electron chi connectivity index (χ3n) is 3.67. The van der Waals surface area contributed by atoms with Crippen LogP contribution in [0.15, 0.2) is 24.3 Å². The molecule has 1 saturated heterocycles. The number of hydrogen-bond donors (Lipinski definition) is 2. The highest BCUT2D eigenvalue weighted by Crippen LogP contribution is 2.19. The number of anilines is 1. The van der Waals surface area contributed by atoms with Crippen molar-refractivity contribution >= 4 is 5.69 Å². The molecule has 100 valence electrons. The molecule has 1 aromatic carbocycles. The van der Waals surface area contributed by atoms with Crippen molar-refractivity contribution in [2.75, 3.05) is 39.0 Å². The highest BCUT2D eigenvalue weighted by Gasteiger charge is 2.23. The number of aliphatic hydroxyl groups excluding tert-OH is 1. The lowest BCUT2D eigenvalue weighted by atomic mass is 10.1. The Morgan fingerprint density at radius 1 is 1.44 bits per heavy atom. The van der Waals surface area contributed by atoms with Gasteiger partial charge < -0.3 is 15.7 Å². The van der Waals surface area contributed by atoms with Gasteiger partial charge in [0.05, 0.1) is 6.10 Å². The molecule has 0 bridgehead atoms. The van der Waals surface area contributed by atoms with E-state index in [9.17, 15) is 5.11 Å². The van der Waals surface area contributed by atoms with Gasteiger partial charge in [0.25, 0.3) is 0 Å². The van der Waals surface area contributed by atoms with Crippen molar-refractivity contribution in [1.29, 1.82) is 0 Å². The average molecular weight is 249 g/mol. The Balaban J connectivity index is 1.97. The monoisotopic (exact) mass is 249 g/mol. The number of hydrogen-bond acceptors (Lipinski definition) is 4. The number of rotatable bonds is 3. The number of nitrogens with two attached hydrogens (primary N) is 1. The molecule has 4 heteroatoms. The molecule has 0 aliphatic carbocycles. The first kappa shape index (κ1) is 13.3. The van der Waals surface area contributed by atoms with Gasteiger partial charge in [-0.25, -0.2) is 0 Å². The van der Waals surface area contributed by atoms with E-state index in [1.165, 1.54) is 0 Å².